The molecule has 1 heterocycles. The van der Waals surface area contributed by atoms with Crippen LogP contribution in [0.25, 0.3) is 74.0 Å². The summed E-state index contributed by atoms with van der Waals surface area (Å²) in [5.41, 5.74) is 3.48. The van der Waals surface area contributed by atoms with Crippen molar-refractivity contribution < 1.29 is 0 Å². The standard InChI is InChI=1S/C44H27NS/c1-4-12-34-29(9-1)17-23-38-37(34)22-18-31-16-20-32(26-41(31)38)45(42-15-7-11-28-8-2-5-13-35(28)42)33-21-25-39-40-24-19-30-10-3-6-14-36(30)44(40)46-43(39)27-33/h1-27H. The number of nitrogens with zero attached hydrogens (tertiary/aromatic N) is 1. The van der Waals surface area contributed by atoms with Crippen molar-refractivity contribution in [3.05, 3.63) is 164 Å². The van der Waals surface area contributed by atoms with E-state index in [0.717, 1.165) is 11.4 Å². The van der Waals surface area contributed by atoms with Crippen LogP contribution in [0.15, 0.2) is 164 Å². The van der Waals surface area contributed by atoms with Gasteiger partial charge in [0.25, 0.3) is 0 Å². The molecule has 0 amide bonds. The molecule has 10 rings (SSSR count). The molecule has 1 aromatic heterocycles. The van der Waals surface area contributed by atoms with Gasteiger partial charge in [0.05, 0.1) is 5.69 Å². The first-order valence-corrected chi connectivity index (χ1v) is 16.6. The van der Waals surface area contributed by atoms with E-state index >= 15 is 0 Å². The van der Waals surface area contributed by atoms with E-state index in [2.05, 4.69) is 169 Å². The van der Waals surface area contributed by atoms with Crippen LogP contribution in [0.3, 0.4) is 0 Å². The summed E-state index contributed by atoms with van der Waals surface area (Å²) in [4.78, 5) is 2.45. The summed E-state index contributed by atoms with van der Waals surface area (Å²) < 4.78 is 2.65. The van der Waals surface area contributed by atoms with Gasteiger partial charge in [-0.05, 0) is 78.8 Å². The summed E-state index contributed by atoms with van der Waals surface area (Å²) in [7, 11) is 0. The second-order valence-electron chi connectivity index (χ2n) is 12.1. The molecule has 2 heteroatoms. The molecule has 10 aromatic rings. The van der Waals surface area contributed by atoms with E-state index in [1.54, 1.807) is 0 Å². The second kappa shape index (κ2) is 9.90. The normalized spacial score (nSPS) is 11.9. The third-order valence-corrected chi connectivity index (χ3v) is 10.8. The van der Waals surface area contributed by atoms with E-state index in [1.165, 1.54) is 79.7 Å². The lowest BCUT2D eigenvalue weighted by Gasteiger charge is -2.27. The SMILES string of the molecule is c1ccc2c(N(c3ccc4c(c3)sc3c5ccccc5ccc43)c3ccc4ccc5c6ccccc6ccc5c4c3)cccc2c1. The molecule has 0 saturated carbocycles. The van der Waals surface area contributed by atoms with Crippen molar-refractivity contribution in [2.75, 3.05) is 4.90 Å². The van der Waals surface area contributed by atoms with E-state index < -0.39 is 0 Å². The topological polar surface area (TPSA) is 3.24 Å². The Balaban J connectivity index is 1.25. The molecule has 0 spiro atoms. The molecular weight excluding hydrogens is 575 g/mol. The predicted octanol–water partition coefficient (Wildman–Crippen LogP) is 13.3. The zero-order chi connectivity index (χ0) is 30.2. The monoisotopic (exact) mass is 601 g/mol. The summed E-state index contributed by atoms with van der Waals surface area (Å²) in [6.07, 6.45) is 0. The van der Waals surface area contributed by atoms with E-state index in [9.17, 15) is 0 Å². The maximum absolute atomic E-state index is 2.45. The minimum atomic E-state index is 1.15. The van der Waals surface area contributed by atoms with Gasteiger partial charge in [-0.1, -0.05) is 133 Å². The number of hydrogen-bond donors (Lipinski definition) is 0. The zero-order valence-electron chi connectivity index (χ0n) is 24.9. The average Bonchev–Trinajstić information content (AvgIpc) is 3.50. The van der Waals surface area contributed by atoms with Gasteiger partial charge in [-0.2, -0.15) is 0 Å². The Hall–Kier alpha value is -5.70. The summed E-state index contributed by atoms with van der Waals surface area (Å²) in [5.74, 6) is 0. The van der Waals surface area contributed by atoms with E-state index in [-0.39, 0.29) is 0 Å². The van der Waals surface area contributed by atoms with Crippen LogP contribution in [0.2, 0.25) is 0 Å². The quantitative estimate of drug-likeness (QED) is 0.182. The van der Waals surface area contributed by atoms with Crippen molar-refractivity contribution in [2.24, 2.45) is 0 Å². The van der Waals surface area contributed by atoms with Crippen molar-refractivity contribution in [1.29, 1.82) is 0 Å². The Morgan fingerprint density at radius 2 is 0.848 bits per heavy atom. The molecule has 0 atom stereocenters. The largest absolute Gasteiger partial charge is 0.310 e. The highest BCUT2D eigenvalue weighted by atomic mass is 32.1. The molecule has 0 saturated heterocycles. The van der Waals surface area contributed by atoms with Crippen molar-refractivity contribution in [3.63, 3.8) is 0 Å². The highest BCUT2D eigenvalue weighted by Crippen LogP contribution is 2.45. The van der Waals surface area contributed by atoms with E-state index in [4.69, 9.17) is 0 Å². The van der Waals surface area contributed by atoms with Crippen LogP contribution >= 0.6 is 11.3 Å². The number of anilines is 3. The van der Waals surface area contributed by atoms with Gasteiger partial charge in [0, 0.05) is 36.9 Å². The van der Waals surface area contributed by atoms with Crippen LogP contribution < -0.4 is 4.90 Å². The smallest absolute Gasteiger partial charge is 0.0540 e. The van der Waals surface area contributed by atoms with Crippen molar-refractivity contribution >= 4 is 102 Å². The molecule has 0 N–H and O–H groups in total. The Morgan fingerprint density at radius 3 is 1.65 bits per heavy atom. The van der Waals surface area contributed by atoms with Crippen molar-refractivity contribution in [1.82, 2.24) is 0 Å². The van der Waals surface area contributed by atoms with Crippen molar-refractivity contribution in [3.8, 4) is 0 Å². The fourth-order valence-electron chi connectivity index (χ4n) is 7.41. The van der Waals surface area contributed by atoms with Gasteiger partial charge >= 0.3 is 0 Å². The van der Waals surface area contributed by atoms with Gasteiger partial charge in [0.15, 0.2) is 0 Å². The number of rotatable bonds is 3. The van der Waals surface area contributed by atoms with Gasteiger partial charge in [0.2, 0.25) is 0 Å². The molecule has 214 valence electrons. The summed E-state index contributed by atoms with van der Waals surface area (Å²) in [6, 6.07) is 60.3. The first-order valence-electron chi connectivity index (χ1n) is 15.8. The number of hydrogen-bond acceptors (Lipinski definition) is 2. The first-order chi connectivity index (χ1) is 22.8. The van der Waals surface area contributed by atoms with Crippen LogP contribution in [-0.4, -0.2) is 0 Å². The Kier molecular flexibility index (Phi) is 5.51. The number of fused-ring (bicyclic) bond motifs is 11. The molecule has 1 nitrogen and oxygen atoms in total. The molecule has 0 bridgehead atoms. The maximum Gasteiger partial charge on any atom is 0.0540 e. The van der Waals surface area contributed by atoms with E-state index in [1.807, 2.05) is 11.3 Å². The minimum Gasteiger partial charge on any atom is -0.310 e. The Bertz CT molecular complexity index is 2820. The highest BCUT2D eigenvalue weighted by Gasteiger charge is 2.18. The van der Waals surface area contributed by atoms with Crippen LogP contribution in [-0.2, 0) is 0 Å². The third kappa shape index (κ3) is 3.81. The van der Waals surface area contributed by atoms with E-state index in [0.29, 0.717) is 0 Å². The molecule has 9 aromatic carbocycles. The molecular formula is C44H27NS. The van der Waals surface area contributed by atoms with Crippen LogP contribution in [0.1, 0.15) is 0 Å². The van der Waals surface area contributed by atoms with Gasteiger partial charge in [-0.15, -0.1) is 11.3 Å². The number of thiophene rings is 1. The fraction of sp³-hybridized carbons (Fsp3) is 0. The summed E-state index contributed by atoms with van der Waals surface area (Å²) in [6.45, 7) is 0. The van der Waals surface area contributed by atoms with Gasteiger partial charge < -0.3 is 4.90 Å². The maximum atomic E-state index is 2.45. The molecule has 0 aliphatic heterocycles. The Morgan fingerprint density at radius 1 is 0.326 bits per heavy atom. The molecule has 0 aliphatic carbocycles. The van der Waals surface area contributed by atoms with Gasteiger partial charge in [-0.3, -0.25) is 0 Å². The third-order valence-electron chi connectivity index (χ3n) is 9.60. The van der Waals surface area contributed by atoms with Gasteiger partial charge in [0.1, 0.15) is 0 Å². The number of benzene rings is 9. The fourth-order valence-corrected chi connectivity index (χ4v) is 8.68. The zero-order valence-corrected chi connectivity index (χ0v) is 25.8. The van der Waals surface area contributed by atoms with Gasteiger partial charge in [-0.25, -0.2) is 0 Å². The highest BCUT2D eigenvalue weighted by molar-refractivity contribution is 7.26. The second-order valence-corrected chi connectivity index (χ2v) is 13.2. The molecule has 46 heavy (non-hydrogen) atoms. The van der Waals surface area contributed by atoms with Crippen LogP contribution in [0, 0.1) is 0 Å². The summed E-state index contributed by atoms with van der Waals surface area (Å²) in [5, 5.41) is 15.4. The molecule has 0 radical (unpaired) electrons. The predicted molar refractivity (Wildman–Crippen MR) is 202 cm³/mol. The molecule has 0 unspecified atom stereocenters. The summed E-state index contributed by atoms with van der Waals surface area (Å²) >= 11 is 1.90. The van der Waals surface area contributed by atoms with Crippen LogP contribution in [0.5, 0.6) is 0 Å². The molecule has 0 fully saturated rings. The lowest BCUT2D eigenvalue weighted by Crippen LogP contribution is -2.10. The van der Waals surface area contributed by atoms with Crippen molar-refractivity contribution in [2.45, 2.75) is 0 Å². The molecule has 0 aliphatic rings. The first kappa shape index (κ1) is 25.6. The minimum absolute atomic E-state index is 1.15. The lowest BCUT2D eigenvalue weighted by atomic mass is 9.96. The average molecular weight is 602 g/mol. The Labute approximate surface area is 270 Å². The van der Waals surface area contributed by atoms with Crippen LogP contribution in [0.4, 0.5) is 17.1 Å². The lowest BCUT2D eigenvalue weighted by molar-refractivity contribution is 1.31.